The maximum absolute atomic E-state index is 11.8. The minimum atomic E-state index is -0.625. The molecular formula is C11H17N3O3. The van der Waals surface area contributed by atoms with Crippen LogP contribution in [0.15, 0.2) is 18.7 Å². The van der Waals surface area contributed by atoms with E-state index in [1.54, 1.807) is 13.8 Å². The lowest BCUT2D eigenvalue weighted by Crippen LogP contribution is -2.47. The lowest BCUT2D eigenvalue weighted by molar-refractivity contribution is -0.175. The molecule has 1 heterocycles. The molecule has 0 spiro atoms. The first-order valence-corrected chi connectivity index (χ1v) is 5.37. The van der Waals surface area contributed by atoms with Gasteiger partial charge in [0.2, 0.25) is 0 Å². The number of rotatable bonds is 5. The average molecular weight is 239 g/mol. The van der Waals surface area contributed by atoms with Crippen LogP contribution in [0.25, 0.3) is 0 Å². The summed E-state index contributed by atoms with van der Waals surface area (Å²) in [6.45, 7) is 5.77. The average Bonchev–Trinajstić information content (AvgIpc) is 2.36. The van der Waals surface area contributed by atoms with Crippen molar-refractivity contribution in [3.63, 3.8) is 0 Å². The van der Waals surface area contributed by atoms with E-state index < -0.39 is 11.5 Å². The summed E-state index contributed by atoms with van der Waals surface area (Å²) in [6.07, 6.45) is 4.11. The van der Waals surface area contributed by atoms with Crippen molar-refractivity contribution < 1.29 is 14.7 Å². The number of hydrogen-bond acceptors (Lipinski definition) is 6. The topological polar surface area (TPSA) is 75.5 Å². The van der Waals surface area contributed by atoms with Gasteiger partial charge in [0.05, 0.1) is 17.7 Å². The number of hydrogen-bond donors (Lipinski definition) is 1. The summed E-state index contributed by atoms with van der Waals surface area (Å²) in [5, 5.41) is 10.7. The summed E-state index contributed by atoms with van der Waals surface area (Å²) < 4.78 is 0. The summed E-state index contributed by atoms with van der Waals surface area (Å²) in [4.78, 5) is 24.4. The van der Waals surface area contributed by atoms with E-state index >= 15 is 0 Å². The molecule has 1 aromatic rings. The van der Waals surface area contributed by atoms with Crippen molar-refractivity contribution in [3.8, 4) is 0 Å². The van der Waals surface area contributed by atoms with E-state index in [-0.39, 0.29) is 12.2 Å². The lowest BCUT2D eigenvalue weighted by Gasteiger charge is -2.33. The fourth-order valence-corrected chi connectivity index (χ4v) is 1.25. The van der Waals surface area contributed by atoms with E-state index in [0.29, 0.717) is 6.54 Å². The van der Waals surface area contributed by atoms with Gasteiger partial charge in [-0.3, -0.25) is 0 Å². The molecule has 94 valence electrons. The first-order valence-electron chi connectivity index (χ1n) is 5.37. The van der Waals surface area contributed by atoms with Gasteiger partial charge >= 0.3 is 5.97 Å². The molecule has 1 aromatic heterocycles. The molecule has 1 rings (SSSR count). The Morgan fingerprint density at radius 2 is 2.06 bits per heavy atom. The number of hydroxylamine groups is 2. The number of carbonyl (C=O) groups excluding carboxylic acids is 1. The van der Waals surface area contributed by atoms with Gasteiger partial charge in [0.15, 0.2) is 0 Å². The van der Waals surface area contributed by atoms with E-state index in [9.17, 15) is 9.90 Å². The summed E-state index contributed by atoms with van der Waals surface area (Å²) in [5.41, 5.74) is -0.347. The Morgan fingerprint density at radius 1 is 1.47 bits per heavy atom. The fraction of sp³-hybridized carbons (Fsp3) is 0.545. The maximum Gasteiger partial charge on any atom is 0.360 e. The Morgan fingerprint density at radius 3 is 2.53 bits per heavy atom. The number of aliphatic hydroxyl groups is 1. The van der Waals surface area contributed by atoms with Crippen molar-refractivity contribution in [1.29, 1.82) is 0 Å². The molecule has 0 fully saturated rings. The third kappa shape index (κ3) is 3.47. The van der Waals surface area contributed by atoms with Gasteiger partial charge in [-0.1, -0.05) is 0 Å². The second kappa shape index (κ2) is 5.70. The van der Waals surface area contributed by atoms with E-state index in [0.717, 1.165) is 0 Å². The second-order valence-corrected chi connectivity index (χ2v) is 4.17. The molecule has 0 aliphatic heterocycles. The summed E-state index contributed by atoms with van der Waals surface area (Å²) in [5.74, 6) is -0.533. The molecule has 0 radical (unpaired) electrons. The van der Waals surface area contributed by atoms with Crippen molar-refractivity contribution in [2.24, 2.45) is 0 Å². The van der Waals surface area contributed by atoms with Gasteiger partial charge in [-0.05, 0) is 20.8 Å². The Hall–Kier alpha value is -1.53. The van der Waals surface area contributed by atoms with Crippen molar-refractivity contribution in [1.82, 2.24) is 15.0 Å². The quantitative estimate of drug-likeness (QED) is 0.760. The maximum atomic E-state index is 11.8. The van der Waals surface area contributed by atoms with Crippen LogP contribution >= 0.6 is 0 Å². The predicted octanol–water partition coefficient (Wildman–Crippen LogP) is 0.641. The monoisotopic (exact) mass is 239 g/mol. The Labute approximate surface area is 100 Å². The highest BCUT2D eigenvalue weighted by Gasteiger charge is 2.28. The molecule has 17 heavy (non-hydrogen) atoms. The molecule has 0 saturated carbocycles. The van der Waals surface area contributed by atoms with E-state index in [1.165, 1.54) is 23.8 Å². The van der Waals surface area contributed by atoms with Crippen molar-refractivity contribution in [2.75, 3.05) is 13.2 Å². The summed E-state index contributed by atoms with van der Waals surface area (Å²) in [6, 6.07) is 0. The Balaban J connectivity index is 2.73. The third-order valence-electron chi connectivity index (χ3n) is 2.34. The molecule has 1 N–H and O–H groups in total. The minimum absolute atomic E-state index is 0.112. The number of nitrogens with zero attached hydrogens (tertiary/aromatic N) is 3. The van der Waals surface area contributed by atoms with Gasteiger partial charge in [-0.2, -0.15) is 0 Å². The number of carbonyl (C=O) groups is 1. The molecule has 0 aliphatic rings. The van der Waals surface area contributed by atoms with Gasteiger partial charge < -0.3 is 9.94 Å². The van der Waals surface area contributed by atoms with Crippen LogP contribution in [-0.2, 0) is 4.84 Å². The van der Waals surface area contributed by atoms with E-state index in [2.05, 4.69) is 9.97 Å². The van der Waals surface area contributed by atoms with Crippen LogP contribution in [0.2, 0.25) is 0 Å². The number of likely N-dealkylation sites (N-methyl/N-ethyl adjacent to an activating group) is 1. The van der Waals surface area contributed by atoms with Crippen LogP contribution in [0.1, 0.15) is 31.1 Å². The molecule has 0 aromatic carbocycles. The molecule has 0 aliphatic carbocycles. The molecule has 0 unspecified atom stereocenters. The van der Waals surface area contributed by atoms with Crippen LogP contribution in [0, 0.1) is 0 Å². The predicted molar refractivity (Wildman–Crippen MR) is 61.0 cm³/mol. The van der Waals surface area contributed by atoms with Gasteiger partial charge in [0.1, 0.15) is 6.33 Å². The standard InChI is InChI=1S/C11H17N3O3/c1-4-14(11(2,3)7-15)17-10(16)9-5-12-8-13-6-9/h5-6,8,15H,4,7H2,1-3H3. The van der Waals surface area contributed by atoms with Crippen molar-refractivity contribution in [2.45, 2.75) is 26.3 Å². The highest BCUT2D eigenvalue weighted by Crippen LogP contribution is 2.15. The Bertz CT molecular complexity index is 367. The highest BCUT2D eigenvalue weighted by molar-refractivity contribution is 5.88. The molecular weight excluding hydrogens is 222 g/mol. The van der Waals surface area contributed by atoms with Crippen LogP contribution in [-0.4, -0.2) is 44.8 Å². The first-order chi connectivity index (χ1) is 8.01. The van der Waals surface area contributed by atoms with Gasteiger partial charge in [-0.25, -0.2) is 14.8 Å². The van der Waals surface area contributed by atoms with Crippen LogP contribution in [0.4, 0.5) is 0 Å². The van der Waals surface area contributed by atoms with Crippen molar-refractivity contribution >= 4 is 5.97 Å². The Kier molecular flexibility index (Phi) is 4.53. The smallest absolute Gasteiger partial charge is 0.360 e. The molecule has 0 amide bonds. The second-order valence-electron chi connectivity index (χ2n) is 4.17. The van der Waals surface area contributed by atoms with E-state index in [1.807, 2.05) is 6.92 Å². The molecule has 6 nitrogen and oxygen atoms in total. The molecule has 0 bridgehead atoms. The van der Waals surface area contributed by atoms with Crippen LogP contribution in [0.5, 0.6) is 0 Å². The van der Waals surface area contributed by atoms with Crippen LogP contribution in [0.3, 0.4) is 0 Å². The minimum Gasteiger partial charge on any atom is -0.394 e. The highest BCUT2D eigenvalue weighted by atomic mass is 16.7. The van der Waals surface area contributed by atoms with Gasteiger partial charge in [0.25, 0.3) is 0 Å². The van der Waals surface area contributed by atoms with Crippen LogP contribution < -0.4 is 0 Å². The molecule has 0 atom stereocenters. The van der Waals surface area contributed by atoms with Gasteiger partial charge in [0, 0.05) is 18.9 Å². The zero-order valence-corrected chi connectivity index (χ0v) is 10.3. The summed E-state index contributed by atoms with van der Waals surface area (Å²) >= 11 is 0. The lowest BCUT2D eigenvalue weighted by atomic mass is 10.1. The number of aliphatic hydroxyl groups excluding tert-OH is 1. The zero-order chi connectivity index (χ0) is 12.9. The summed E-state index contributed by atoms with van der Waals surface area (Å²) in [7, 11) is 0. The third-order valence-corrected chi connectivity index (χ3v) is 2.34. The first kappa shape index (κ1) is 13.5. The zero-order valence-electron chi connectivity index (χ0n) is 10.3. The van der Waals surface area contributed by atoms with Crippen molar-refractivity contribution in [3.05, 3.63) is 24.3 Å². The molecule has 0 saturated heterocycles. The number of aromatic nitrogens is 2. The SMILES string of the molecule is CCN(OC(=O)c1cncnc1)C(C)(C)CO. The molecule has 6 heteroatoms. The normalized spacial score (nSPS) is 11.6. The van der Waals surface area contributed by atoms with E-state index in [4.69, 9.17) is 4.84 Å². The van der Waals surface area contributed by atoms with Gasteiger partial charge in [-0.15, -0.1) is 5.06 Å². The largest absolute Gasteiger partial charge is 0.394 e. The fourth-order valence-electron chi connectivity index (χ4n) is 1.25.